The molecule has 0 aliphatic carbocycles. The summed E-state index contributed by atoms with van der Waals surface area (Å²) >= 11 is 0. The maximum absolute atomic E-state index is 12.2. The number of imide groups is 1. The van der Waals surface area contributed by atoms with Gasteiger partial charge in [-0.1, -0.05) is 36.4 Å². The SMILES string of the molecule is Cc1ccc(NC(=O)NC(=O)CN2CCN(Cc3ccccc3)CC2)cc1C. The minimum Gasteiger partial charge on any atom is -0.308 e. The Labute approximate surface area is 166 Å². The molecule has 1 fully saturated rings. The molecule has 0 bridgehead atoms. The molecular formula is C22H28N4O2. The number of nitrogens with zero attached hydrogens (tertiary/aromatic N) is 2. The number of nitrogens with one attached hydrogen (secondary N) is 2. The molecule has 0 saturated carbocycles. The number of carbonyl (C=O) groups is 2. The highest BCUT2D eigenvalue weighted by Crippen LogP contribution is 2.14. The topological polar surface area (TPSA) is 64.7 Å². The summed E-state index contributed by atoms with van der Waals surface area (Å²) in [4.78, 5) is 28.7. The molecule has 28 heavy (non-hydrogen) atoms. The van der Waals surface area contributed by atoms with Crippen molar-refractivity contribution in [3.8, 4) is 0 Å². The van der Waals surface area contributed by atoms with E-state index >= 15 is 0 Å². The zero-order valence-electron chi connectivity index (χ0n) is 16.6. The van der Waals surface area contributed by atoms with Crippen molar-refractivity contribution in [2.24, 2.45) is 0 Å². The Morgan fingerprint density at radius 3 is 2.25 bits per heavy atom. The summed E-state index contributed by atoms with van der Waals surface area (Å²) in [5, 5.41) is 5.13. The van der Waals surface area contributed by atoms with E-state index in [1.165, 1.54) is 5.56 Å². The lowest BCUT2D eigenvalue weighted by Crippen LogP contribution is -2.50. The molecule has 3 rings (SSSR count). The minimum atomic E-state index is -0.490. The number of amides is 3. The van der Waals surface area contributed by atoms with Crippen molar-refractivity contribution in [2.45, 2.75) is 20.4 Å². The van der Waals surface area contributed by atoms with Crippen LogP contribution in [0.4, 0.5) is 10.5 Å². The van der Waals surface area contributed by atoms with Crippen molar-refractivity contribution in [3.05, 3.63) is 65.2 Å². The molecular weight excluding hydrogens is 352 g/mol. The van der Waals surface area contributed by atoms with Crippen molar-refractivity contribution in [3.63, 3.8) is 0 Å². The number of carbonyl (C=O) groups excluding carboxylic acids is 2. The van der Waals surface area contributed by atoms with Gasteiger partial charge in [0.05, 0.1) is 6.54 Å². The first-order valence-electron chi connectivity index (χ1n) is 9.66. The summed E-state index contributed by atoms with van der Waals surface area (Å²) in [5.74, 6) is -0.280. The number of rotatable bonds is 5. The molecule has 6 nitrogen and oxygen atoms in total. The number of benzene rings is 2. The average molecular weight is 380 g/mol. The van der Waals surface area contributed by atoms with E-state index in [2.05, 4.69) is 44.7 Å². The second-order valence-corrected chi connectivity index (χ2v) is 7.34. The van der Waals surface area contributed by atoms with Crippen LogP contribution in [-0.2, 0) is 11.3 Å². The molecule has 0 atom stereocenters. The highest BCUT2D eigenvalue weighted by Gasteiger charge is 2.20. The van der Waals surface area contributed by atoms with Gasteiger partial charge in [-0.2, -0.15) is 0 Å². The van der Waals surface area contributed by atoms with Crippen LogP contribution >= 0.6 is 0 Å². The van der Waals surface area contributed by atoms with Crippen LogP contribution in [0.25, 0.3) is 0 Å². The number of urea groups is 1. The lowest BCUT2D eigenvalue weighted by atomic mass is 10.1. The van der Waals surface area contributed by atoms with Crippen molar-refractivity contribution in [1.29, 1.82) is 0 Å². The average Bonchev–Trinajstić information content (AvgIpc) is 2.67. The predicted molar refractivity (Wildman–Crippen MR) is 111 cm³/mol. The van der Waals surface area contributed by atoms with E-state index in [1.54, 1.807) is 0 Å². The predicted octanol–water partition coefficient (Wildman–Crippen LogP) is 2.77. The van der Waals surface area contributed by atoms with Crippen LogP contribution in [0.1, 0.15) is 16.7 Å². The van der Waals surface area contributed by atoms with E-state index in [4.69, 9.17) is 0 Å². The third-order valence-corrected chi connectivity index (χ3v) is 5.10. The number of hydrogen-bond donors (Lipinski definition) is 2. The molecule has 0 radical (unpaired) electrons. The van der Waals surface area contributed by atoms with E-state index in [0.717, 1.165) is 43.9 Å². The molecule has 2 aromatic rings. The number of piperazine rings is 1. The fourth-order valence-electron chi connectivity index (χ4n) is 3.30. The Morgan fingerprint density at radius 1 is 0.893 bits per heavy atom. The van der Waals surface area contributed by atoms with E-state index < -0.39 is 6.03 Å². The summed E-state index contributed by atoms with van der Waals surface area (Å²) in [6, 6.07) is 15.6. The fourth-order valence-corrected chi connectivity index (χ4v) is 3.30. The van der Waals surface area contributed by atoms with E-state index in [1.807, 2.05) is 38.1 Å². The number of hydrogen-bond acceptors (Lipinski definition) is 4. The molecule has 2 N–H and O–H groups in total. The van der Waals surface area contributed by atoms with Crippen molar-refractivity contribution in [1.82, 2.24) is 15.1 Å². The summed E-state index contributed by atoms with van der Waals surface area (Å²) in [6.45, 7) is 8.63. The maximum Gasteiger partial charge on any atom is 0.325 e. The molecule has 148 valence electrons. The molecule has 1 saturated heterocycles. The summed E-state index contributed by atoms with van der Waals surface area (Å²) in [7, 11) is 0. The Morgan fingerprint density at radius 2 is 1.57 bits per heavy atom. The van der Waals surface area contributed by atoms with Crippen LogP contribution in [0.5, 0.6) is 0 Å². The highest BCUT2D eigenvalue weighted by atomic mass is 16.2. The second kappa shape index (κ2) is 9.48. The van der Waals surface area contributed by atoms with Crippen LogP contribution in [0, 0.1) is 13.8 Å². The monoisotopic (exact) mass is 380 g/mol. The second-order valence-electron chi connectivity index (χ2n) is 7.34. The van der Waals surface area contributed by atoms with E-state index in [0.29, 0.717) is 5.69 Å². The minimum absolute atomic E-state index is 0.236. The van der Waals surface area contributed by atoms with Crippen molar-refractivity contribution in [2.75, 3.05) is 38.0 Å². The summed E-state index contributed by atoms with van der Waals surface area (Å²) in [5.41, 5.74) is 4.24. The smallest absolute Gasteiger partial charge is 0.308 e. The molecule has 3 amide bonds. The molecule has 0 aromatic heterocycles. The molecule has 0 spiro atoms. The molecule has 1 aliphatic rings. The highest BCUT2D eigenvalue weighted by molar-refractivity contribution is 6.01. The van der Waals surface area contributed by atoms with Crippen LogP contribution in [-0.4, -0.2) is 54.5 Å². The standard InChI is InChI=1S/C22H28N4O2/c1-17-8-9-20(14-18(17)2)23-22(28)24-21(27)16-26-12-10-25(11-13-26)15-19-6-4-3-5-7-19/h3-9,14H,10-13,15-16H2,1-2H3,(H2,23,24,27,28). The lowest BCUT2D eigenvalue weighted by molar-refractivity contribution is -0.121. The first-order valence-corrected chi connectivity index (χ1v) is 9.66. The van der Waals surface area contributed by atoms with E-state index in [9.17, 15) is 9.59 Å². The van der Waals surface area contributed by atoms with Gasteiger partial charge in [0.25, 0.3) is 0 Å². The van der Waals surface area contributed by atoms with Crippen LogP contribution < -0.4 is 10.6 Å². The van der Waals surface area contributed by atoms with Crippen LogP contribution in [0.15, 0.2) is 48.5 Å². The zero-order valence-corrected chi connectivity index (χ0v) is 16.6. The van der Waals surface area contributed by atoms with Gasteiger partial charge in [0.15, 0.2) is 0 Å². The summed E-state index contributed by atoms with van der Waals surface area (Å²) < 4.78 is 0. The third kappa shape index (κ3) is 5.90. The number of anilines is 1. The first-order chi connectivity index (χ1) is 13.5. The van der Waals surface area contributed by atoms with Gasteiger partial charge >= 0.3 is 6.03 Å². The van der Waals surface area contributed by atoms with Gasteiger partial charge in [0.2, 0.25) is 5.91 Å². The normalized spacial score (nSPS) is 15.2. The Bertz CT molecular complexity index is 815. The zero-order chi connectivity index (χ0) is 19.9. The summed E-state index contributed by atoms with van der Waals surface area (Å²) in [6.07, 6.45) is 0. The lowest BCUT2D eigenvalue weighted by Gasteiger charge is -2.34. The van der Waals surface area contributed by atoms with Crippen molar-refractivity contribution < 1.29 is 9.59 Å². The van der Waals surface area contributed by atoms with E-state index in [-0.39, 0.29) is 12.5 Å². The first kappa shape index (κ1) is 20.0. The third-order valence-electron chi connectivity index (χ3n) is 5.10. The Kier molecular flexibility index (Phi) is 6.79. The van der Waals surface area contributed by atoms with Gasteiger partial charge < -0.3 is 5.32 Å². The van der Waals surface area contributed by atoms with Gasteiger partial charge in [0, 0.05) is 38.4 Å². The van der Waals surface area contributed by atoms with Crippen LogP contribution in [0.3, 0.4) is 0 Å². The fraction of sp³-hybridized carbons (Fsp3) is 0.364. The largest absolute Gasteiger partial charge is 0.325 e. The van der Waals surface area contributed by atoms with Gasteiger partial charge in [-0.15, -0.1) is 0 Å². The van der Waals surface area contributed by atoms with Gasteiger partial charge in [-0.25, -0.2) is 4.79 Å². The van der Waals surface area contributed by atoms with Gasteiger partial charge in [0.1, 0.15) is 0 Å². The molecule has 1 heterocycles. The molecule has 1 aliphatic heterocycles. The quantitative estimate of drug-likeness (QED) is 0.837. The molecule has 0 unspecified atom stereocenters. The van der Waals surface area contributed by atoms with Gasteiger partial charge in [-0.3, -0.25) is 19.9 Å². The Balaban J connectivity index is 1.39. The van der Waals surface area contributed by atoms with Crippen molar-refractivity contribution >= 4 is 17.6 Å². The Hall–Kier alpha value is -2.70. The maximum atomic E-state index is 12.2. The van der Waals surface area contributed by atoms with Gasteiger partial charge in [-0.05, 0) is 42.7 Å². The van der Waals surface area contributed by atoms with Crippen LogP contribution in [0.2, 0.25) is 0 Å². The molecule has 6 heteroatoms. The number of aryl methyl sites for hydroxylation is 2. The molecule has 2 aromatic carbocycles.